The number of imidazole rings is 1. The number of aldehydes is 1. The molecule has 0 aliphatic carbocycles. The van der Waals surface area contributed by atoms with Crippen LogP contribution in [0.25, 0.3) is 17.0 Å². The van der Waals surface area contributed by atoms with Gasteiger partial charge in [-0.25, -0.2) is 13.8 Å². The fourth-order valence-electron chi connectivity index (χ4n) is 1.88. The highest BCUT2D eigenvalue weighted by molar-refractivity contribution is 6.32. The molecule has 0 fully saturated rings. The van der Waals surface area contributed by atoms with Crippen molar-refractivity contribution in [2.75, 3.05) is 0 Å². The third-order valence-corrected chi connectivity index (χ3v) is 3.16. The number of carbonyl (C=O) groups is 1. The van der Waals surface area contributed by atoms with Crippen LogP contribution in [0, 0.1) is 0 Å². The largest absolute Gasteiger partial charge is 0.322 e. The second-order valence-corrected chi connectivity index (χ2v) is 4.36. The lowest BCUT2D eigenvalue weighted by atomic mass is 10.3. The van der Waals surface area contributed by atoms with E-state index < -0.39 is 12.1 Å². The maximum absolute atomic E-state index is 12.8. The first kappa shape index (κ1) is 12.7. The predicted molar refractivity (Wildman–Crippen MR) is 68.6 cm³/mol. The number of carbonyl (C=O) groups excluding carboxylic acids is 1. The Balaban J connectivity index is 2.21. The summed E-state index contributed by atoms with van der Waals surface area (Å²) in [6.07, 6.45) is -2.63. The molecule has 0 aliphatic rings. The SMILES string of the molecule is O=Cc1c(C(F)F)nn(-c2nc3ccccc3[nH]2)c1Cl. The number of nitrogens with one attached hydrogen (secondary N) is 1. The van der Waals surface area contributed by atoms with E-state index in [9.17, 15) is 13.6 Å². The Hall–Kier alpha value is -2.28. The van der Waals surface area contributed by atoms with Crippen LogP contribution in [0.4, 0.5) is 8.78 Å². The number of rotatable bonds is 3. The number of H-pyrrole nitrogens is 1. The zero-order valence-corrected chi connectivity index (χ0v) is 10.6. The second-order valence-electron chi connectivity index (χ2n) is 4.00. The number of hydrogen-bond donors (Lipinski definition) is 1. The number of aromatic nitrogens is 4. The lowest BCUT2D eigenvalue weighted by Gasteiger charge is -1.96. The van der Waals surface area contributed by atoms with Crippen molar-refractivity contribution in [2.45, 2.75) is 6.43 Å². The van der Waals surface area contributed by atoms with Gasteiger partial charge in [0.05, 0.1) is 16.6 Å². The molecule has 3 rings (SSSR count). The van der Waals surface area contributed by atoms with Gasteiger partial charge < -0.3 is 4.98 Å². The van der Waals surface area contributed by atoms with Crippen LogP contribution in [-0.2, 0) is 0 Å². The van der Waals surface area contributed by atoms with Gasteiger partial charge in [0.15, 0.2) is 6.29 Å². The molecule has 0 saturated heterocycles. The molecule has 0 radical (unpaired) electrons. The second kappa shape index (κ2) is 4.68. The van der Waals surface area contributed by atoms with Crippen LogP contribution < -0.4 is 0 Å². The number of benzene rings is 1. The van der Waals surface area contributed by atoms with Crippen molar-refractivity contribution in [3.63, 3.8) is 0 Å². The zero-order valence-electron chi connectivity index (χ0n) is 9.85. The fourth-order valence-corrected chi connectivity index (χ4v) is 2.13. The number of aromatic amines is 1. The Morgan fingerprint density at radius 2 is 2.10 bits per heavy atom. The van der Waals surface area contributed by atoms with Crippen LogP contribution in [0.2, 0.25) is 5.15 Å². The lowest BCUT2D eigenvalue weighted by Crippen LogP contribution is -1.99. The maximum Gasteiger partial charge on any atom is 0.282 e. The number of alkyl halides is 2. The molecule has 2 aromatic heterocycles. The van der Waals surface area contributed by atoms with E-state index in [1.54, 1.807) is 24.3 Å². The minimum Gasteiger partial charge on any atom is -0.322 e. The quantitative estimate of drug-likeness (QED) is 0.755. The van der Waals surface area contributed by atoms with E-state index in [0.717, 1.165) is 4.68 Å². The normalized spacial score (nSPS) is 11.4. The molecule has 0 spiro atoms. The van der Waals surface area contributed by atoms with E-state index in [0.29, 0.717) is 11.0 Å². The van der Waals surface area contributed by atoms with E-state index in [-0.39, 0.29) is 23.0 Å². The van der Waals surface area contributed by atoms with Crippen LogP contribution in [0.3, 0.4) is 0 Å². The van der Waals surface area contributed by atoms with Gasteiger partial charge in [0.1, 0.15) is 10.8 Å². The van der Waals surface area contributed by atoms with Crippen molar-refractivity contribution in [1.82, 2.24) is 19.7 Å². The number of hydrogen-bond acceptors (Lipinski definition) is 3. The summed E-state index contributed by atoms with van der Waals surface area (Å²) in [4.78, 5) is 18.0. The van der Waals surface area contributed by atoms with Gasteiger partial charge in [0, 0.05) is 0 Å². The highest BCUT2D eigenvalue weighted by atomic mass is 35.5. The summed E-state index contributed by atoms with van der Waals surface area (Å²) in [7, 11) is 0. The van der Waals surface area contributed by atoms with Crippen LogP contribution >= 0.6 is 11.6 Å². The Morgan fingerprint density at radius 1 is 1.35 bits per heavy atom. The highest BCUT2D eigenvalue weighted by Crippen LogP contribution is 2.28. The summed E-state index contributed by atoms with van der Waals surface area (Å²) in [5, 5.41) is 3.46. The molecular formula is C12H7ClF2N4O. The highest BCUT2D eigenvalue weighted by Gasteiger charge is 2.24. The molecule has 0 saturated carbocycles. The molecule has 20 heavy (non-hydrogen) atoms. The van der Waals surface area contributed by atoms with E-state index in [2.05, 4.69) is 15.1 Å². The summed E-state index contributed by atoms with van der Waals surface area (Å²) < 4.78 is 26.6. The molecule has 1 aromatic carbocycles. The first-order valence-electron chi connectivity index (χ1n) is 5.58. The van der Waals surface area contributed by atoms with Gasteiger partial charge in [-0.15, -0.1) is 0 Å². The Kier molecular flexibility index (Phi) is 2.98. The van der Waals surface area contributed by atoms with Crippen LogP contribution in [-0.4, -0.2) is 26.0 Å². The number of halogens is 3. The molecule has 0 aliphatic heterocycles. The van der Waals surface area contributed by atoms with Gasteiger partial charge >= 0.3 is 0 Å². The van der Waals surface area contributed by atoms with Crippen molar-refractivity contribution < 1.29 is 13.6 Å². The summed E-state index contributed by atoms with van der Waals surface area (Å²) in [5.74, 6) is 0.172. The lowest BCUT2D eigenvalue weighted by molar-refractivity contribution is 0.110. The van der Waals surface area contributed by atoms with Gasteiger partial charge in [-0.05, 0) is 12.1 Å². The Labute approximate surface area is 116 Å². The van der Waals surface area contributed by atoms with Crippen LogP contribution in [0.1, 0.15) is 22.5 Å². The number of nitrogens with zero attached hydrogens (tertiary/aromatic N) is 3. The minimum absolute atomic E-state index is 0.172. The molecule has 3 aromatic rings. The monoisotopic (exact) mass is 296 g/mol. The summed E-state index contributed by atoms with van der Waals surface area (Å²) in [6.45, 7) is 0. The smallest absolute Gasteiger partial charge is 0.282 e. The maximum atomic E-state index is 12.8. The molecule has 0 amide bonds. The van der Waals surface area contributed by atoms with Crippen LogP contribution in [0.15, 0.2) is 24.3 Å². The topological polar surface area (TPSA) is 63.6 Å². The summed E-state index contributed by atoms with van der Waals surface area (Å²) >= 11 is 5.91. The van der Waals surface area contributed by atoms with Crippen molar-refractivity contribution in [2.24, 2.45) is 0 Å². The fraction of sp³-hybridized carbons (Fsp3) is 0.0833. The Bertz CT molecular complexity index is 763. The minimum atomic E-state index is -2.89. The first-order valence-corrected chi connectivity index (χ1v) is 5.96. The molecule has 0 atom stereocenters. The van der Waals surface area contributed by atoms with Crippen molar-refractivity contribution in [1.29, 1.82) is 0 Å². The van der Waals surface area contributed by atoms with E-state index in [1.807, 2.05) is 0 Å². The Morgan fingerprint density at radius 3 is 2.70 bits per heavy atom. The molecule has 1 N–H and O–H groups in total. The molecular weight excluding hydrogens is 290 g/mol. The first-order chi connectivity index (χ1) is 9.61. The number of fused-ring (bicyclic) bond motifs is 1. The van der Waals surface area contributed by atoms with Crippen molar-refractivity contribution in [3.05, 3.63) is 40.7 Å². The predicted octanol–water partition coefficient (Wildman–Crippen LogP) is 3.15. The van der Waals surface area contributed by atoms with Crippen molar-refractivity contribution >= 4 is 28.9 Å². The van der Waals surface area contributed by atoms with Gasteiger partial charge in [0.2, 0.25) is 5.95 Å². The number of para-hydroxylation sites is 2. The average Bonchev–Trinajstić information content (AvgIpc) is 2.98. The van der Waals surface area contributed by atoms with E-state index >= 15 is 0 Å². The molecule has 0 unspecified atom stereocenters. The van der Waals surface area contributed by atoms with Crippen molar-refractivity contribution in [3.8, 4) is 5.95 Å². The third kappa shape index (κ3) is 1.87. The summed E-state index contributed by atoms with van der Waals surface area (Å²) in [6, 6.07) is 7.12. The molecule has 0 bridgehead atoms. The van der Waals surface area contributed by atoms with E-state index in [1.165, 1.54) is 0 Å². The zero-order chi connectivity index (χ0) is 14.3. The standard InChI is InChI=1S/C12H7ClF2N4O/c13-10-6(5-20)9(11(14)15)18-19(10)12-16-7-3-1-2-4-8(7)17-12/h1-5,11H,(H,16,17). The van der Waals surface area contributed by atoms with Gasteiger partial charge in [-0.3, -0.25) is 4.79 Å². The third-order valence-electron chi connectivity index (χ3n) is 2.79. The van der Waals surface area contributed by atoms with Gasteiger partial charge in [-0.2, -0.15) is 9.78 Å². The molecule has 2 heterocycles. The van der Waals surface area contributed by atoms with Crippen LogP contribution in [0.5, 0.6) is 0 Å². The van der Waals surface area contributed by atoms with Gasteiger partial charge in [0.25, 0.3) is 6.43 Å². The average molecular weight is 297 g/mol. The summed E-state index contributed by atoms with van der Waals surface area (Å²) in [5.41, 5.74) is 0.355. The van der Waals surface area contributed by atoms with E-state index in [4.69, 9.17) is 11.6 Å². The molecule has 102 valence electrons. The molecule has 8 heteroatoms. The molecule has 5 nitrogen and oxygen atoms in total. The van der Waals surface area contributed by atoms with Gasteiger partial charge in [-0.1, -0.05) is 23.7 Å².